The van der Waals surface area contributed by atoms with Crippen LogP contribution in [0.15, 0.2) is 41.3 Å². The predicted molar refractivity (Wildman–Crippen MR) is 87.7 cm³/mol. The average molecular weight is 351 g/mol. The quantitative estimate of drug-likeness (QED) is 0.850. The molecule has 1 N–H and O–H groups in total. The first-order valence-corrected chi connectivity index (χ1v) is 8.23. The van der Waals surface area contributed by atoms with Crippen LogP contribution in [0.4, 0.5) is 14.5 Å². The standard InChI is InChI=1S/C17H15F2NO3S/c1-10(24-12-3-4-13(18)14(19)9-12)17(21)20-11-2-5-15-16(8-11)23-7-6-22-15/h2-5,8-10H,6-7H2,1H3,(H,20,21)/t10-/m1/s1. The Hall–Kier alpha value is -2.28. The molecule has 0 aliphatic carbocycles. The van der Waals surface area contributed by atoms with Crippen LogP contribution >= 0.6 is 11.8 Å². The number of fused-ring (bicyclic) bond motifs is 1. The lowest BCUT2D eigenvalue weighted by Gasteiger charge is -2.19. The van der Waals surface area contributed by atoms with E-state index in [1.54, 1.807) is 25.1 Å². The van der Waals surface area contributed by atoms with Gasteiger partial charge in [0.25, 0.3) is 0 Å². The van der Waals surface area contributed by atoms with E-state index in [1.165, 1.54) is 6.07 Å². The van der Waals surface area contributed by atoms with Gasteiger partial charge in [-0.25, -0.2) is 8.78 Å². The van der Waals surface area contributed by atoms with Crippen molar-refractivity contribution in [2.75, 3.05) is 18.5 Å². The summed E-state index contributed by atoms with van der Waals surface area (Å²) in [5.74, 6) is -0.864. The van der Waals surface area contributed by atoms with E-state index in [9.17, 15) is 13.6 Å². The monoisotopic (exact) mass is 351 g/mol. The van der Waals surface area contributed by atoms with Crippen molar-refractivity contribution in [3.63, 3.8) is 0 Å². The van der Waals surface area contributed by atoms with E-state index in [0.29, 0.717) is 35.3 Å². The fourth-order valence-electron chi connectivity index (χ4n) is 2.17. The first kappa shape index (κ1) is 16.6. The van der Waals surface area contributed by atoms with E-state index in [2.05, 4.69) is 5.32 Å². The molecule has 0 unspecified atom stereocenters. The summed E-state index contributed by atoms with van der Waals surface area (Å²) in [5.41, 5.74) is 0.585. The second-order valence-electron chi connectivity index (χ2n) is 5.18. The summed E-state index contributed by atoms with van der Waals surface area (Å²) < 4.78 is 37.0. The number of halogens is 2. The van der Waals surface area contributed by atoms with Gasteiger partial charge in [-0.15, -0.1) is 11.8 Å². The molecule has 0 aromatic heterocycles. The third-order valence-corrected chi connectivity index (χ3v) is 4.48. The van der Waals surface area contributed by atoms with Crippen molar-refractivity contribution in [3.05, 3.63) is 48.0 Å². The zero-order valence-corrected chi connectivity index (χ0v) is 13.7. The van der Waals surface area contributed by atoms with Crippen molar-refractivity contribution in [2.24, 2.45) is 0 Å². The Kier molecular flexibility index (Phi) is 4.89. The van der Waals surface area contributed by atoms with Crippen molar-refractivity contribution >= 4 is 23.4 Å². The minimum absolute atomic E-state index is 0.249. The molecular formula is C17H15F2NO3S. The van der Waals surface area contributed by atoms with E-state index in [-0.39, 0.29) is 5.91 Å². The first-order chi connectivity index (χ1) is 11.5. The summed E-state index contributed by atoms with van der Waals surface area (Å²) in [6, 6.07) is 8.72. The third kappa shape index (κ3) is 3.79. The molecule has 3 rings (SSSR count). The molecule has 1 amide bonds. The molecule has 0 saturated carbocycles. The summed E-state index contributed by atoms with van der Waals surface area (Å²) >= 11 is 1.15. The highest BCUT2D eigenvalue weighted by atomic mass is 32.2. The molecule has 7 heteroatoms. The lowest BCUT2D eigenvalue weighted by molar-refractivity contribution is -0.115. The number of carbonyl (C=O) groups excluding carboxylic acids is 1. The first-order valence-electron chi connectivity index (χ1n) is 7.35. The highest BCUT2D eigenvalue weighted by molar-refractivity contribution is 8.00. The molecule has 1 aliphatic rings. The average Bonchev–Trinajstić information content (AvgIpc) is 2.58. The van der Waals surface area contributed by atoms with Gasteiger partial charge >= 0.3 is 0 Å². The molecule has 1 heterocycles. The van der Waals surface area contributed by atoms with Crippen molar-refractivity contribution in [3.8, 4) is 11.5 Å². The van der Waals surface area contributed by atoms with Crippen LogP contribution < -0.4 is 14.8 Å². The predicted octanol–water partition coefficient (Wildman–Crippen LogP) is 3.86. The maximum atomic E-state index is 13.2. The lowest BCUT2D eigenvalue weighted by Crippen LogP contribution is -2.22. The Morgan fingerprint density at radius 1 is 1.08 bits per heavy atom. The zero-order chi connectivity index (χ0) is 17.1. The minimum atomic E-state index is -0.931. The molecule has 1 atom stereocenters. The topological polar surface area (TPSA) is 47.6 Å². The van der Waals surface area contributed by atoms with Gasteiger partial charge in [-0.2, -0.15) is 0 Å². The van der Waals surface area contributed by atoms with Gasteiger partial charge in [0.1, 0.15) is 13.2 Å². The number of anilines is 1. The number of ether oxygens (including phenoxy) is 2. The van der Waals surface area contributed by atoms with E-state index in [4.69, 9.17) is 9.47 Å². The number of hydrogen-bond donors (Lipinski definition) is 1. The molecular weight excluding hydrogens is 336 g/mol. The summed E-state index contributed by atoms with van der Waals surface area (Å²) in [6.45, 7) is 2.66. The van der Waals surface area contributed by atoms with Crippen LogP contribution in [0.2, 0.25) is 0 Å². The molecule has 0 fully saturated rings. The Bertz CT molecular complexity index is 769. The minimum Gasteiger partial charge on any atom is -0.486 e. The van der Waals surface area contributed by atoms with Crippen molar-refractivity contribution in [1.82, 2.24) is 0 Å². The highest BCUT2D eigenvalue weighted by Crippen LogP contribution is 2.33. The van der Waals surface area contributed by atoms with Gasteiger partial charge in [0, 0.05) is 16.6 Å². The second kappa shape index (κ2) is 7.09. The molecule has 0 spiro atoms. The smallest absolute Gasteiger partial charge is 0.237 e. The second-order valence-corrected chi connectivity index (χ2v) is 6.60. The van der Waals surface area contributed by atoms with Gasteiger partial charge in [0.05, 0.1) is 5.25 Å². The number of rotatable bonds is 4. The molecule has 1 aliphatic heterocycles. The molecule has 2 aromatic rings. The van der Waals surface area contributed by atoms with Crippen LogP contribution in [0.5, 0.6) is 11.5 Å². The van der Waals surface area contributed by atoms with Crippen molar-refractivity contribution < 1.29 is 23.0 Å². The summed E-state index contributed by atoms with van der Waals surface area (Å²) in [6.07, 6.45) is 0. The van der Waals surface area contributed by atoms with E-state index < -0.39 is 16.9 Å². The molecule has 0 saturated heterocycles. The largest absolute Gasteiger partial charge is 0.486 e. The van der Waals surface area contributed by atoms with E-state index >= 15 is 0 Å². The van der Waals surface area contributed by atoms with Gasteiger partial charge in [-0.05, 0) is 37.3 Å². The van der Waals surface area contributed by atoms with Crippen molar-refractivity contribution in [2.45, 2.75) is 17.1 Å². The fraction of sp³-hybridized carbons (Fsp3) is 0.235. The van der Waals surface area contributed by atoms with Gasteiger partial charge in [-0.3, -0.25) is 4.79 Å². The Labute approximate surface area is 142 Å². The zero-order valence-electron chi connectivity index (χ0n) is 12.8. The van der Waals surface area contributed by atoms with Crippen LogP contribution in [0.1, 0.15) is 6.92 Å². The number of thioether (sulfide) groups is 1. The molecule has 2 aromatic carbocycles. The fourth-order valence-corrected chi connectivity index (χ4v) is 3.07. The van der Waals surface area contributed by atoms with Gasteiger partial charge < -0.3 is 14.8 Å². The number of hydrogen-bond acceptors (Lipinski definition) is 4. The Morgan fingerprint density at radius 2 is 1.83 bits per heavy atom. The maximum Gasteiger partial charge on any atom is 0.237 e. The number of carbonyl (C=O) groups is 1. The summed E-state index contributed by atoms with van der Waals surface area (Å²) in [5, 5.41) is 2.29. The Morgan fingerprint density at radius 3 is 2.58 bits per heavy atom. The number of benzene rings is 2. The van der Waals surface area contributed by atoms with Crippen molar-refractivity contribution in [1.29, 1.82) is 0 Å². The highest BCUT2D eigenvalue weighted by Gasteiger charge is 2.17. The van der Waals surface area contributed by atoms with Crippen LogP contribution in [-0.2, 0) is 4.79 Å². The van der Waals surface area contributed by atoms with Gasteiger partial charge in [0.2, 0.25) is 5.91 Å². The Balaban J connectivity index is 1.64. The number of nitrogens with one attached hydrogen (secondary N) is 1. The maximum absolute atomic E-state index is 13.2. The molecule has 0 radical (unpaired) electrons. The summed E-state index contributed by atoms with van der Waals surface area (Å²) in [4.78, 5) is 12.7. The lowest BCUT2D eigenvalue weighted by atomic mass is 10.2. The van der Waals surface area contributed by atoms with Crippen LogP contribution in [-0.4, -0.2) is 24.4 Å². The molecule has 24 heavy (non-hydrogen) atoms. The SMILES string of the molecule is C[C@@H](Sc1ccc(F)c(F)c1)C(=O)Nc1ccc2c(c1)OCCO2. The summed E-state index contributed by atoms with van der Waals surface area (Å²) in [7, 11) is 0. The van der Waals surface area contributed by atoms with E-state index in [0.717, 1.165) is 23.9 Å². The normalized spacial score (nSPS) is 14.1. The van der Waals surface area contributed by atoms with Crippen LogP contribution in [0.3, 0.4) is 0 Å². The van der Waals surface area contributed by atoms with Gasteiger partial charge in [0.15, 0.2) is 23.1 Å². The van der Waals surface area contributed by atoms with E-state index in [1.807, 2.05) is 0 Å². The molecule has 4 nitrogen and oxygen atoms in total. The van der Waals surface area contributed by atoms with Gasteiger partial charge in [-0.1, -0.05) is 0 Å². The van der Waals surface area contributed by atoms with Crippen LogP contribution in [0.25, 0.3) is 0 Å². The molecule has 126 valence electrons. The molecule has 0 bridgehead atoms. The third-order valence-electron chi connectivity index (χ3n) is 3.38. The number of amides is 1. The van der Waals surface area contributed by atoms with Crippen LogP contribution in [0, 0.1) is 11.6 Å².